The van der Waals surface area contributed by atoms with Crippen molar-refractivity contribution in [2.45, 2.75) is 6.42 Å². The highest BCUT2D eigenvalue weighted by Gasteiger charge is 2.30. The predicted molar refractivity (Wildman–Crippen MR) is 57.5 cm³/mol. The zero-order valence-electron chi connectivity index (χ0n) is 8.05. The Bertz CT molecular complexity index is 350. The van der Waals surface area contributed by atoms with E-state index >= 15 is 0 Å². The van der Waals surface area contributed by atoms with E-state index in [1.165, 1.54) is 0 Å². The van der Waals surface area contributed by atoms with Gasteiger partial charge in [-0.1, -0.05) is 0 Å². The third-order valence-electron chi connectivity index (χ3n) is 2.53. The monoisotopic (exact) mass is 211 g/mol. The van der Waals surface area contributed by atoms with E-state index in [-0.39, 0.29) is 5.91 Å². The minimum Gasteiger partial charge on any atom is -0.297 e. The molecule has 1 unspecified atom stereocenters. The molecule has 0 bridgehead atoms. The molecule has 1 fully saturated rings. The van der Waals surface area contributed by atoms with Crippen LogP contribution in [0.15, 0.2) is 12.3 Å². The summed E-state index contributed by atoms with van der Waals surface area (Å²) in [5, 5.41) is 4.05. The minimum atomic E-state index is 0.174. The summed E-state index contributed by atoms with van der Waals surface area (Å²) in [5.41, 5.74) is 0. The Morgan fingerprint density at radius 2 is 2.50 bits per heavy atom. The molecule has 2 rings (SSSR count). The van der Waals surface area contributed by atoms with Crippen LogP contribution >= 0.6 is 12.6 Å². The molecule has 2 heterocycles. The van der Waals surface area contributed by atoms with Crippen molar-refractivity contribution < 1.29 is 4.79 Å². The SMILES string of the molecule is Cn1nccc1N1CC(CS)CC1=O. The highest BCUT2D eigenvalue weighted by Crippen LogP contribution is 2.24. The molecule has 1 aromatic heterocycles. The van der Waals surface area contributed by atoms with E-state index in [0.29, 0.717) is 12.3 Å². The van der Waals surface area contributed by atoms with Crippen LogP contribution in [-0.2, 0) is 11.8 Å². The minimum absolute atomic E-state index is 0.174. The van der Waals surface area contributed by atoms with Gasteiger partial charge in [0.1, 0.15) is 5.82 Å². The van der Waals surface area contributed by atoms with Gasteiger partial charge in [0.15, 0.2) is 0 Å². The Kier molecular flexibility index (Phi) is 2.50. The van der Waals surface area contributed by atoms with Gasteiger partial charge in [-0.05, 0) is 11.7 Å². The number of aromatic nitrogens is 2. The molecule has 5 heteroatoms. The molecule has 1 aliphatic heterocycles. The number of hydrogen-bond donors (Lipinski definition) is 1. The maximum absolute atomic E-state index is 11.6. The summed E-state index contributed by atoms with van der Waals surface area (Å²) in [6.07, 6.45) is 2.31. The summed E-state index contributed by atoms with van der Waals surface area (Å²) >= 11 is 4.22. The van der Waals surface area contributed by atoms with Crippen molar-refractivity contribution in [3.63, 3.8) is 0 Å². The molecule has 0 aromatic carbocycles. The second-order valence-electron chi connectivity index (χ2n) is 3.57. The summed E-state index contributed by atoms with van der Waals surface area (Å²) in [7, 11) is 1.84. The molecule has 76 valence electrons. The van der Waals surface area contributed by atoms with Gasteiger partial charge < -0.3 is 0 Å². The summed E-state index contributed by atoms with van der Waals surface area (Å²) in [5.74, 6) is 2.19. The normalized spacial score (nSPS) is 22.0. The van der Waals surface area contributed by atoms with Crippen molar-refractivity contribution in [1.29, 1.82) is 0 Å². The summed E-state index contributed by atoms with van der Waals surface area (Å²) < 4.78 is 1.72. The molecule has 0 aliphatic carbocycles. The van der Waals surface area contributed by atoms with Gasteiger partial charge in [0.2, 0.25) is 5.91 Å². The lowest BCUT2D eigenvalue weighted by Gasteiger charge is -2.15. The first-order valence-corrected chi connectivity index (χ1v) is 5.25. The first-order valence-electron chi connectivity index (χ1n) is 4.61. The van der Waals surface area contributed by atoms with E-state index in [0.717, 1.165) is 18.1 Å². The van der Waals surface area contributed by atoms with E-state index in [2.05, 4.69) is 17.7 Å². The molecule has 0 radical (unpaired) electrons. The van der Waals surface area contributed by atoms with Crippen LogP contribution in [0, 0.1) is 5.92 Å². The average Bonchev–Trinajstić information content (AvgIpc) is 2.72. The number of rotatable bonds is 2. The second kappa shape index (κ2) is 3.65. The number of amides is 1. The van der Waals surface area contributed by atoms with Crippen LogP contribution < -0.4 is 4.90 Å². The van der Waals surface area contributed by atoms with Gasteiger partial charge in [0.05, 0.1) is 6.20 Å². The highest BCUT2D eigenvalue weighted by molar-refractivity contribution is 7.80. The van der Waals surface area contributed by atoms with Crippen LogP contribution in [-0.4, -0.2) is 28.0 Å². The molecule has 1 aliphatic rings. The summed E-state index contributed by atoms with van der Waals surface area (Å²) in [4.78, 5) is 13.4. The van der Waals surface area contributed by atoms with Gasteiger partial charge in [0, 0.05) is 26.1 Å². The number of nitrogens with zero attached hydrogens (tertiary/aromatic N) is 3. The van der Waals surface area contributed by atoms with Crippen molar-refractivity contribution >= 4 is 24.4 Å². The maximum atomic E-state index is 11.6. The Morgan fingerprint density at radius 1 is 1.71 bits per heavy atom. The van der Waals surface area contributed by atoms with Crippen molar-refractivity contribution in [2.24, 2.45) is 13.0 Å². The Labute approximate surface area is 88.3 Å². The quantitative estimate of drug-likeness (QED) is 0.731. The fraction of sp³-hybridized carbons (Fsp3) is 0.556. The maximum Gasteiger partial charge on any atom is 0.228 e. The Hall–Kier alpha value is -0.970. The molecule has 1 saturated heterocycles. The number of thiol groups is 1. The van der Waals surface area contributed by atoms with Gasteiger partial charge in [-0.15, -0.1) is 0 Å². The number of aryl methyl sites for hydroxylation is 1. The Balaban J connectivity index is 2.20. The van der Waals surface area contributed by atoms with Crippen molar-refractivity contribution in [2.75, 3.05) is 17.2 Å². The van der Waals surface area contributed by atoms with Crippen LogP contribution in [0.1, 0.15) is 6.42 Å². The van der Waals surface area contributed by atoms with E-state index in [4.69, 9.17) is 0 Å². The van der Waals surface area contributed by atoms with Crippen LogP contribution in [0.5, 0.6) is 0 Å². The van der Waals surface area contributed by atoms with E-state index in [1.807, 2.05) is 13.1 Å². The Morgan fingerprint density at radius 3 is 3.00 bits per heavy atom. The summed E-state index contributed by atoms with van der Waals surface area (Å²) in [6.45, 7) is 0.766. The highest BCUT2D eigenvalue weighted by atomic mass is 32.1. The molecule has 14 heavy (non-hydrogen) atoms. The molecule has 4 nitrogen and oxygen atoms in total. The van der Waals surface area contributed by atoms with Gasteiger partial charge in [-0.25, -0.2) is 0 Å². The molecule has 1 aromatic rings. The third-order valence-corrected chi connectivity index (χ3v) is 3.05. The molecular formula is C9H13N3OS. The molecular weight excluding hydrogens is 198 g/mol. The molecule has 1 amide bonds. The first-order chi connectivity index (χ1) is 6.72. The van der Waals surface area contributed by atoms with Crippen LogP contribution in [0.25, 0.3) is 0 Å². The van der Waals surface area contributed by atoms with Crippen LogP contribution in [0.3, 0.4) is 0 Å². The average molecular weight is 211 g/mol. The van der Waals surface area contributed by atoms with Gasteiger partial charge in [-0.3, -0.25) is 14.4 Å². The molecule has 0 saturated carbocycles. The van der Waals surface area contributed by atoms with Gasteiger partial charge in [-0.2, -0.15) is 17.7 Å². The first kappa shape index (κ1) is 9.58. The topological polar surface area (TPSA) is 38.1 Å². The van der Waals surface area contributed by atoms with Crippen LogP contribution in [0.4, 0.5) is 5.82 Å². The van der Waals surface area contributed by atoms with E-state index in [9.17, 15) is 4.79 Å². The van der Waals surface area contributed by atoms with E-state index in [1.54, 1.807) is 15.8 Å². The standard InChI is InChI=1S/C9H13N3OS/c1-11-8(2-3-10-11)12-5-7(6-14)4-9(12)13/h2-3,7,14H,4-6H2,1H3. The zero-order valence-corrected chi connectivity index (χ0v) is 8.94. The zero-order chi connectivity index (χ0) is 10.1. The third kappa shape index (κ3) is 1.52. The lowest BCUT2D eigenvalue weighted by molar-refractivity contribution is -0.117. The fourth-order valence-corrected chi connectivity index (χ4v) is 2.00. The van der Waals surface area contributed by atoms with Crippen molar-refractivity contribution in [3.05, 3.63) is 12.3 Å². The smallest absolute Gasteiger partial charge is 0.228 e. The number of carbonyl (C=O) groups excluding carboxylic acids is 1. The lowest BCUT2D eigenvalue weighted by atomic mass is 10.1. The van der Waals surface area contributed by atoms with Crippen LogP contribution in [0.2, 0.25) is 0 Å². The number of anilines is 1. The molecule has 0 N–H and O–H groups in total. The summed E-state index contributed by atoms with van der Waals surface area (Å²) in [6, 6.07) is 1.86. The number of carbonyl (C=O) groups is 1. The molecule has 0 spiro atoms. The van der Waals surface area contributed by atoms with Crippen molar-refractivity contribution in [3.8, 4) is 0 Å². The van der Waals surface area contributed by atoms with Gasteiger partial charge in [0.25, 0.3) is 0 Å². The lowest BCUT2D eigenvalue weighted by Crippen LogP contribution is -2.26. The fourth-order valence-electron chi connectivity index (χ4n) is 1.76. The second-order valence-corrected chi connectivity index (χ2v) is 3.94. The number of hydrogen-bond acceptors (Lipinski definition) is 3. The molecule has 1 atom stereocenters. The van der Waals surface area contributed by atoms with Crippen molar-refractivity contribution in [1.82, 2.24) is 9.78 Å². The van der Waals surface area contributed by atoms with Gasteiger partial charge >= 0.3 is 0 Å². The predicted octanol–water partition coefficient (Wildman–Crippen LogP) is 0.703. The van der Waals surface area contributed by atoms with E-state index < -0.39 is 0 Å². The largest absolute Gasteiger partial charge is 0.297 e.